The topological polar surface area (TPSA) is 18.5 Å². The van der Waals surface area contributed by atoms with Gasteiger partial charge in [-0.25, -0.2) is 4.39 Å². The van der Waals surface area contributed by atoms with Gasteiger partial charge in [-0.15, -0.1) is 0 Å². The van der Waals surface area contributed by atoms with Crippen molar-refractivity contribution in [3.05, 3.63) is 29.6 Å². The van der Waals surface area contributed by atoms with E-state index in [0.717, 1.165) is 12.2 Å². The minimum Gasteiger partial charge on any atom is -0.491 e. The Kier molecular flexibility index (Phi) is 5.26. The summed E-state index contributed by atoms with van der Waals surface area (Å²) in [4.78, 5) is 0. The fourth-order valence-corrected chi connectivity index (χ4v) is 1.26. The highest BCUT2D eigenvalue weighted by Gasteiger charge is 2.01. The van der Waals surface area contributed by atoms with Crippen LogP contribution in [0.1, 0.15) is 19.4 Å². The van der Waals surface area contributed by atoms with Crippen LogP contribution in [0.3, 0.4) is 0 Å². The molecule has 3 heteroatoms. The van der Waals surface area contributed by atoms with Gasteiger partial charge in [0.2, 0.25) is 0 Å². The van der Waals surface area contributed by atoms with E-state index >= 15 is 0 Å². The summed E-state index contributed by atoms with van der Waals surface area (Å²) in [5, 5.41) is 0. The maximum Gasteiger partial charge on any atom is 0.126 e. The third-order valence-corrected chi connectivity index (χ3v) is 2.09. The molecular formula is C13H19FO2. The van der Waals surface area contributed by atoms with E-state index in [4.69, 9.17) is 9.47 Å². The molecule has 2 nitrogen and oxygen atoms in total. The maximum atomic E-state index is 12.9. The van der Waals surface area contributed by atoms with Crippen molar-refractivity contribution in [1.29, 1.82) is 0 Å². The van der Waals surface area contributed by atoms with Crippen LogP contribution < -0.4 is 4.74 Å². The standard InChI is InChI=1S/C13H19FO2/c1-10(2)9-15-6-7-16-13-8-12(14)5-4-11(13)3/h4-5,8,10H,6-7,9H2,1-3H3. The quantitative estimate of drug-likeness (QED) is 0.693. The Morgan fingerprint density at radius 2 is 2.00 bits per heavy atom. The third-order valence-electron chi connectivity index (χ3n) is 2.09. The minimum absolute atomic E-state index is 0.274. The van der Waals surface area contributed by atoms with Gasteiger partial charge in [0, 0.05) is 12.7 Å². The molecule has 0 fully saturated rings. The SMILES string of the molecule is Cc1ccc(F)cc1OCCOCC(C)C. The van der Waals surface area contributed by atoms with Crippen LogP contribution in [-0.4, -0.2) is 19.8 Å². The highest BCUT2D eigenvalue weighted by Crippen LogP contribution is 2.18. The molecule has 0 aromatic heterocycles. The van der Waals surface area contributed by atoms with E-state index in [9.17, 15) is 4.39 Å². The highest BCUT2D eigenvalue weighted by molar-refractivity contribution is 5.32. The molecule has 0 radical (unpaired) electrons. The normalized spacial score (nSPS) is 10.8. The summed E-state index contributed by atoms with van der Waals surface area (Å²) < 4.78 is 23.7. The molecule has 1 rings (SSSR count). The summed E-state index contributed by atoms with van der Waals surface area (Å²) in [5.74, 6) is 0.841. The summed E-state index contributed by atoms with van der Waals surface area (Å²) >= 11 is 0. The zero-order chi connectivity index (χ0) is 12.0. The second-order valence-corrected chi connectivity index (χ2v) is 4.23. The van der Waals surface area contributed by atoms with Gasteiger partial charge in [0.15, 0.2) is 0 Å². The van der Waals surface area contributed by atoms with E-state index < -0.39 is 0 Å². The van der Waals surface area contributed by atoms with E-state index in [1.54, 1.807) is 6.07 Å². The van der Waals surface area contributed by atoms with E-state index in [-0.39, 0.29) is 5.82 Å². The van der Waals surface area contributed by atoms with Crippen molar-refractivity contribution in [3.63, 3.8) is 0 Å². The Morgan fingerprint density at radius 1 is 1.25 bits per heavy atom. The van der Waals surface area contributed by atoms with Gasteiger partial charge in [-0.2, -0.15) is 0 Å². The van der Waals surface area contributed by atoms with Gasteiger partial charge in [0.05, 0.1) is 6.61 Å². The fourth-order valence-electron chi connectivity index (χ4n) is 1.26. The van der Waals surface area contributed by atoms with Crippen LogP contribution in [0.5, 0.6) is 5.75 Å². The van der Waals surface area contributed by atoms with Crippen LogP contribution >= 0.6 is 0 Å². The lowest BCUT2D eigenvalue weighted by molar-refractivity contribution is 0.0816. The molecule has 0 saturated heterocycles. The van der Waals surface area contributed by atoms with Crippen molar-refractivity contribution in [3.8, 4) is 5.75 Å². The van der Waals surface area contributed by atoms with Crippen LogP contribution in [0.2, 0.25) is 0 Å². The van der Waals surface area contributed by atoms with Crippen molar-refractivity contribution >= 4 is 0 Å². The summed E-state index contributed by atoms with van der Waals surface area (Å²) in [6.45, 7) is 7.80. The lowest BCUT2D eigenvalue weighted by atomic mass is 10.2. The Bertz CT molecular complexity index is 324. The Balaban J connectivity index is 2.29. The second-order valence-electron chi connectivity index (χ2n) is 4.23. The van der Waals surface area contributed by atoms with E-state index in [1.807, 2.05) is 6.92 Å². The molecule has 0 N–H and O–H groups in total. The minimum atomic E-state index is -0.274. The van der Waals surface area contributed by atoms with Crippen molar-refractivity contribution in [2.24, 2.45) is 5.92 Å². The number of rotatable bonds is 6. The Hall–Kier alpha value is -1.09. The van der Waals surface area contributed by atoms with Gasteiger partial charge in [-0.05, 0) is 24.5 Å². The molecule has 90 valence electrons. The number of benzene rings is 1. The highest BCUT2D eigenvalue weighted by atomic mass is 19.1. The molecule has 0 aliphatic carbocycles. The Labute approximate surface area is 96.4 Å². The van der Waals surface area contributed by atoms with Crippen LogP contribution in [-0.2, 0) is 4.74 Å². The molecule has 16 heavy (non-hydrogen) atoms. The van der Waals surface area contributed by atoms with Crippen LogP contribution in [0, 0.1) is 18.7 Å². The fraction of sp³-hybridized carbons (Fsp3) is 0.538. The van der Waals surface area contributed by atoms with E-state index in [0.29, 0.717) is 24.9 Å². The van der Waals surface area contributed by atoms with Gasteiger partial charge in [0.25, 0.3) is 0 Å². The van der Waals surface area contributed by atoms with E-state index in [1.165, 1.54) is 12.1 Å². The molecule has 0 saturated carbocycles. The molecule has 1 aromatic carbocycles. The third kappa shape index (κ3) is 4.62. The summed E-state index contributed by atoms with van der Waals surface area (Å²) in [7, 11) is 0. The van der Waals surface area contributed by atoms with Gasteiger partial charge in [-0.1, -0.05) is 19.9 Å². The van der Waals surface area contributed by atoms with Crippen molar-refractivity contribution in [2.75, 3.05) is 19.8 Å². The van der Waals surface area contributed by atoms with E-state index in [2.05, 4.69) is 13.8 Å². The summed E-state index contributed by atoms with van der Waals surface area (Å²) in [6, 6.07) is 4.54. The summed E-state index contributed by atoms with van der Waals surface area (Å²) in [6.07, 6.45) is 0. The number of hydrogen-bond acceptors (Lipinski definition) is 2. The maximum absolute atomic E-state index is 12.9. The lowest BCUT2D eigenvalue weighted by Crippen LogP contribution is -2.10. The average Bonchev–Trinajstić information content (AvgIpc) is 2.22. The molecule has 0 spiro atoms. The first-order valence-corrected chi connectivity index (χ1v) is 5.56. The molecule has 0 aliphatic rings. The molecule has 1 aromatic rings. The largest absolute Gasteiger partial charge is 0.491 e. The van der Waals surface area contributed by atoms with Gasteiger partial charge in [0.1, 0.15) is 18.2 Å². The number of aryl methyl sites for hydroxylation is 1. The molecule has 0 heterocycles. The number of hydrogen-bond donors (Lipinski definition) is 0. The summed E-state index contributed by atoms with van der Waals surface area (Å²) in [5.41, 5.74) is 0.935. The van der Waals surface area contributed by atoms with Gasteiger partial charge in [-0.3, -0.25) is 0 Å². The average molecular weight is 226 g/mol. The molecule has 0 atom stereocenters. The smallest absolute Gasteiger partial charge is 0.126 e. The molecule has 0 bridgehead atoms. The van der Waals surface area contributed by atoms with Crippen molar-refractivity contribution < 1.29 is 13.9 Å². The molecule has 0 aliphatic heterocycles. The predicted molar refractivity (Wildman–Crippen MR) is 62.3 cm³/mol. The lowest BCUT2D eigenvalue weighted by Gasteiger charge is -2.10. The predicted octanol–water partition coefficient (Wildman–Crippen LogP) is 3.19. The molecule has 0 unspecified atom stereocenters. The van der Waals surface area contributed by atoms with Gasteiger partial charge < -0.3 is 9.47 Å². The second kappa shape index (κ2) is 6.48. The van der Waals surface area contributed by atoms with Crippen molar-refractivity contribution in [1.82, 2.24) is 0 Å². The van der Waals surface area contributed by atoms with Crippen LogP contribution in [0.4, 0.5) is 4.39 Å². The van der Waals surface area contributed by atoms with Crippen LogP contribution in [0.25, 0.3) is 0 Å². The molecule has 0 amide bonds. The zero-order valence-corrected chi connectivity index (χ0v) is 10.1. The zero-order valence-electron chi connectivity index (χ0n) is 10.1. The Morgan fingerprint density at radius 3 is 2.69 bits per heavy atom. The number of halogens is 1. The van der Waals surface area contributed by atoms with Crippen molar-refractivity contribution in [2.45, 2.75) is 20.8 Å². The first kappa shape index (κ1) is 13.0. The first-order chi connectivity index (χ1) is 7.59. The monoisotopic (exact) mass is 226 g/mol. The van der Waals surface area contributed by atoms with Crippen LogP contribution in [0.15, 0.2) is 18.2 Å². The number of ether oxygens (including phenoxy) is 2. The molecular weight excluding hydrogens is 207 g/mol. The van der Waals surface area contributed by atoms with Gasteiger partial charge >= 0.3 is 0 Å². The first-order valence-electron chi connectivity index (χ1n) is 5.56.